The van der Waals surface area contributed by atoms with Crippen LogP contribution in [0, 0.1) is 11.8 Å². The van der Waals surface area contributed by atoms with Crippen LogP contribution in [-0.4, -0.2) is 30.6 Å². The number of methoxy groups -OCH3 is 1. The molecule has 0 saturated heterocycles. The quantitative estimate of drug-likeness (QED) is 0.919. The summed E-state index contributed by atoms with van der Waals surface area (Å²) >= 11 is 0. The van der Waals surface area contributed by atoms with E-state index in [2.05, 4.69) is 13.8 Å². The topological polar surface area (TPSA) is 80.0 Å². The van der Waals surface area contributed by atoms with Gasteiger partial charge < -0.3 is 19.2 Å². The van der Waals surface area contributed by atoms with Gasteiger partial charge >= 0.3 is 5.97 Å². The molecule has 132 valence electrons. The molecule has 6 heteroatoms. The first-order valence-corrected chi connectivity index (χ1v) is 8.22. The zero-order valence-electron chi connectivity index (χ0n) is 14.5. The zero-order valence-corrected chi connectivity index (χ0v) is 14.5. The molecule has 1 aliphatic heterocycles. The van der Waals surface area contributed by atoms with E-state index in [0.29, 0.717) is 18.4 Å². The number of anilines is 1. The van der Waals surface area contributed by atoms with Crippen molar-refractivity contribution in [3.8, 4) is 5.75 Å². The maximum absolute atomic E-state index is 12.9. The van der Waals surface area contributed by atoms with Gasteiger partial charge in [-0.1, -0.05) is 13.8 Å². The summed E-state index contributed by atoms with van der Waals surface area (Å²) in [4.78, 5) is 25.6. The van der Waals surface area contributed by atoms with Gasteiger partial charge in [-0.2, -0.15) is 0 Å². The Bertz CT molecular complexity index is 808. The van der Waals surface area contributed by atoms with Crippen molar-refractivity contribution in [1.82, 2.24) is 0 Å². The minimum absolute atomic E-state index is 0.0311. The molecule has 3 rings (SSSR count). The van der Waals surface area contributed by atoms with Crippen molar-refractivity contribution in [2.45, 2.75) is 20.3 Å². The lowest BCUT2D eigenvalue weighted by atomic mass is 9.84. The van der Waals surface area contributed by atoms with Crippen LogP contribution in [0.25, 0.3) is 0 Å². The number of hydrogen-bond donors (Lipinski definition) is 1. The van der Waals surface area contributed by atoms with Crippen molar-refractivity contribution in [3.63, 3.8) is 0 Å². The fourth-order valence-corrected chi connectivity index (χ4v) is 3.14. The Morgan fingerprint density at radius 1 is 1.24 bits per heavy atom. The third-order valence-corrected chi connectivity index (χ3v) is 4.69. The third kappa shape index (κ3) is 3.24. The molecule has 2 heterocycles. The summed E-state index contributed by atoms with van der Waals surface area (Å²) < 4.78 is 10.5. The van der Waals surface area contributed by atoms with Crippen molar-refractivity contribution in [2.75, 3.05) is 18.6 Å². The largest absolute Gasteiger partial charge is 0.497 e. The number of carboxylic acid groups (broad SMARTS) is 1. The number of carboxylic acids is 1. The monoisotopic (exact) mass is 343 g/mol. The summed E-state index contributed by atoms with van der Waals surface area (Å²) in [6.45, 7) is 4.83. The van der Waals surface area contributed by atoms with E-state index >= 15 is 0 Å². The van der Waals surface area contributed by atoms with Gasteiger partial charge in [0.25, 0.3) is 5.91 Å². The first-order chi connectivity index (χ1) is 11.9. The number of furan rings is 1. The summed E-state index contributed by atoms with van der Waals surface area (Å²) in [6.07, 6.45) is 0.868. The summed E-state index contributed by atoms with van der Waals surface area (Å²) in [7, 11) is 1.61. The molecule has 0 spiro atoms. The Morgan fingerprint density at radius 2 is 1.96 bits per heavy atom. The van der Waals surface area contributed by atoms with E-state index in [1.807, 2.05) is 18.2 Å². The highest BCUT2D eigenvalue weighted by atomic mass is 16.5. The average Bonchev–Trinajstić information content (AvgIpc) is 3.09. The highest BCUT2D eigenvalue weighted by molar-refractivity contribution is 6.05. The molecule has 1 aromatic heterocycles. The highest BCUT2D eigenvalue weighted by Crippen LogP contribution is 2.36. The highest BCUT2D eigenvalue weighted by Gasteiger charge is 2.32. The number of nitrogens with zero attached hydrogens (tertiary/aromatic N) is 1. The number of amides is 1. The Labute approximate surface area is 146 Å². The molecule has 1 aromatic carbocycles. The number of hydrogen-bond acceptors (Lipinski definition) is 4. The lowest BCUT2D eigenvalue weighted by Crippen LogP contribution is -2.41. The number of fused-ring (bicyclic) bond motifs is 1. The van der Waals surface area contributed by atoms with E-state index in [-0.39, 0.29) is 17.4 Å². The summed E-state index contributed by atoms with van der Waals surface area (Å²) in [5.41, 5.74) is 1.86. The SMILES string of the molecule is COc1ccc2c(c1)CC(C(C)C)CN2C(=O)c1ccc(C(=O)O)o1. The maximum Gasteiger partial charge on any atom is 0.371 e. The van der Waals surface area contributed by atoms with Gasteiger partial charge in [0.15, 0.2) is 5.76 Å². The van der Waals surface area contributed by atoms with E-state index in [1.165, 1.54) is 12.1 Å². The standard InChI is InChI=1S/C19H21NO5/c1-11(2)13-8-12-9-14(24-3)4-5-15(12)20(10-13)18(21)16-6-7-17(25-16)19(22)23/h4-7,9,11,13H,8,10H2,1-3H3,(H,22,23). The first kappa shape index (κ1) is 17.1. The molecule has 0 aliphatic carbocycles. The molecule has 0 radical (unpaired) electrons. The molecule has 0 saturated carbocycles. The van der Waals surface area contributed by atoms with Crippen molar-refractivity contribution < 1.29 is 23.8 Å². The van der Waals surface area contributed by atoms with Crippen molar-refractivity contribution in [1.29, 1.82) is 0 Å². The molecule has 0 fully saturated rings. The second-order valence-electron chi connectivity index (χ2n) is 6.59. The Kier molecular flexibility index (Phi) is 4.53. The van der Waals surface area contributed by atoms with Crippen molar-refractivity contribution in [3.05, 3.63) is 47.4 Å². The van der Waals surface area contributed by atoms with Gasteiger partial charge in [-0.15, -0.1) is 0 Å². The van der Waals surface area contributed by atoms with E-state index < -0.39 is 5.97 Å². The fourth-order valence-electron chi connectivity index (χ4n) is 3.14. The molecule has 2 aromatic rings. The molecule has 1 aliphatic rings. The molecular weight excluding hydrogens is 322 g/mol. The second-order valence-corrected chi connectivity index (χ2v) is 6.59. The second kappa shape index (κ2) is 6.63. The molecule has 1 unspecified atom stereocenters. The summed E-state index contributed by atoms with van der Waals surface area (Å²) in [5.74, 6) is -0.272. The van der Waals surface area contributed by atoms with Crippen LogP contribution >= 0.6 is 0 Å². The zero-order chi connectivity index (χ0) is 18.1. The molecule has 6 nitrogen and oxygen atoms in total. The van der Waals surface area contributed by atoms with Crippen LogP contribution in [0.1, 0.15) is 40.5 Å². The number of rotatable bonds is 4. The van der Waals surface area contributed by atoms with Crippen molar-refractivity contribution >= 4 is 17.6 Å². The fraction of sp³-hybridized carbons (Fsp3) is 0.368. The van der Waals surface area contributed by atoms with Gasteiger partial charge in [0.2, 0.25) is 5.76 Å². The van der Waals surface area contributed by atoms with Crippen LogP contribution in [-0.2, 0) is 6.42 Å². The average molecular weight is 343 g/mol. The molecular formula is C19H21NO5. The van der Waals surface area contributed by atoms with Gasteiger partial charge in [0, 0.05) is 12.2 Å². The Hall–Kier alpha value is -2.76. The van der Waals surface area contributed by atoms with Crippen LogP contribution in [0.15, 0.2) is 34.7 Å². The van der Waals surface area contributed by atoms with Gasteiger partial charge in [-0.05, 0) is 54.2 Å². The first-order valence-electron chi connectivity index (χ1n) is 8.22. The Balaban J connectivity index is 1.99. The van der Waals surface area contributed by atoms with Crippen LogP contribution in [0.3, 0.4) is 0 Å². The third-order valence-electron chi connectivity index (χ3n) is 4.69. The lowest BCUT2D eigenvalue weighted by Gasteiger charge is -2.36. The van der Waals surface area contributed by atoms with Gasteiger partial charge in [-0.25, -0.2) is 4.79 Å². The van der Waals surface area contributed by atoms with E-state index in [1.54, 1.807) is 12.0 Å². The van der Waals surface area contributed by atoms with Gasteiger partial charge in [0.1, 0.15) is 5.75 Å². The predicted molar refractivity (Wildman–Crippen MR) is 92.4 cm³/mol. The van der Waals surface area contributed by atoms with Crippen LogP contribution in [0.4, 0.5) is 5.69 Å². The van der Waals surface area contributed by atoms with Crippen LogP contribution in [0.2, 0.25) is 0 Å². The smallest absolute Gasteiger partial charge is 0.371 e. The number of carbonyl (C=O) groups excluding carboxylic acids is 1. The predicted octanol–water partition coefficient (Wildman–Crippen LogP) is 3.46. The van der Waals surface area contributed by atoms with E-state index in [9.17, 15) is 9.59 Å². The van der Waals surface area contributed by atoms with E-state index in [0.717, 1.165) is 23.4 Å². The minimum Gasteiger partial charge on any atom is -0.497 e. The molecule has 0 bridgehead atoms. The number of ether oxygens (including phenoxy) is 1. The van der Waals surface area contributed by atoms with Crippen LogP contribution in [0.5, 0.6) is 5.75 Å². The van der Waals surface area contributed by atoms with Gasteiger partial charge in [0.05, 0.1) is 7.11 Å². The van der Waals surface area contributed by atoms with Crippen molar-refractivity contribution in [2.24, 2.45) is 11.8 Å². The summed E-state index contributed by atoms with van der Waals surface area (Å²) in [5, 5.41) is 8.99. The van der Waals surface area contributed by atoms with Gasteiger partial charge in [-0.3, -0.25) is 4.79 Å². The summed E-state index contributed by atoms with van der Waals surface area (Å²) in [6, 6.07) is 8.35. The van der Waals surface area contributed by atoms with E-state index in [4.69, 9.17) is 14.3 Å². The molecule has 25 heavy (non-hydrogen) atoms. The lowest BCUT2D eigenvalue weighted by molar-refractivity contribution is 0.0660. The maximum atomic E-state index is 12.9. The number of aromatic carboxylic acids is 1. The minimum atomic E-state index is -1.19. The molecule has 1 atom stereocenters. The molecule has 1 N–H and O–H groups in total. The van der Waals surface area contributed by atoms with Crippen LogP contribution < -0.4 is 9.64 Å². The Morgan fingerprint density at radius 3 is 2.56 bits per heavy atom. The normalized spacial score (nSPS) is 16.6. The number of carbonyl (C=O) groups is 2. The number of benzene rings is 1. The molecule has 1 amide bonds.